The lowest BCUT2D eigenvalue weighted by Gasteiger charge is -2.18. The highest BCUT2D eigenvalue weighted by Gasteiger charge is 2.23. The van der Waals surface area contributed by atoms with E-state index in [0.717, 1.165) is 0 Å². The summed E-state index contributed by atoms with van der Waals surface area (Å²) in [5.41, 5.74) is 10.5. The van der Waals surface area contributed by atoms with Gasteiger partial charge in [-0.05, 0) is 18.6 Å². The van der Waals surface area contributed by atoms with E-state index in [1.165, 1.54) is 24.3 Å². The Hall–Kier alpha value is -4.07. The number of amides is 4. The number of nitro benzene ring substituents is 1. The van der Waals surface area contributed by atoms with E-state index in [-0.39, 0.29) is 24.2 Å². The normalized spacial score (nSPS) is 12.2. The van der Waals surface area contributed by atoms with Crippen LogP contribution >= 0.6 is 0 Å². The Bertz CT molecular complexity index is 857. The number of carboxylic acid groups (broad SMARTS) is 1. The number of benzene rings is 1. The summed E-state index contributed by atoms with van der Waals surface area (Å²) in [6.45, 7) is -0.593. The first-order valence-corrected chi connectivity index (χ1v) is 8.87. The van der Waals surface area contributed by atoms with E-state index in [9.17, 15) is 34.1 Å². The Labute approximate surface area is 175 Å². The fourth-order valence-electron chi connectivity index (χ4n) is 2.28. The number of nitrogens with two attached hydrogens (primary N) is 2. The third-order valence-corrected chi connectivity index (χ3v) is 3.83. The number of nitro groups is 1. The minimum absolute atomic E-state index is 0.146. The summed E-state index contributed by atoms with van der Waals surface area (Å²) in [6, 6.07) is 2.34. The van der Waals surface area contributed by atoms with E-state index in [0.29, 0.717) is 0 Å². The van der Waals surface area contributed by atoms with Gasteiger partial charge in [0.1, 0.15) is 6.04 Å². The van der Waals surface area contributed by atoms with Crippen LogP contribution in [0.1, 0.15) is 19.3 Å². The third-order valence-electron chi connectivity index (χ3n) is 3.83. The largest absolute Gasteiger partial charge is 0.481 e. The second-order valence-corrected chi connectivity index (χ2v) is 6.34. The van der Waals surface area contributed by atoms with Gasteiger partial charge in [0.25, 0.3) is 5.69 Å². The van der Waals surface area contributed by atoms with Crippen molar-refractivity contribution in [2.75, 3.05) is 11.9 Å². The molecule has 0 aliphatic rings. The molecule has 14 heteroatoms. The molecule has 1 aromatic rings. The third kappa shape index (κ3) is 9.31. The molecule has 4 amide bonds. The number of nitrogens with zero attached hydrogens (tertiary/aromatic N) is 1. The topological polar surface area (TPSA) is 237 Å². The van der Waals surface area contributed by atoms with Gasteiger partial charge in [0.05, 0.1) is 23.9 Å². The number of anilines is 1. The van der Waals surface area contributed by atoms with Crippen LogP contribution in [0, 0.1) is 10.1 Å². The van der Waals surface area contributed by atoms with Crippen molar-refractivity contribution in [3.8, 4) is 0 Å². The van der Waals surface area contributed by atoms with Crippen molar-refractivity contribution in [1.82, 2.24) is 10.6 Å². The number of non-ortho nitro benzene ring substituents is 1. The number of carbonyl (C=O) groups excluding carboxylic acids is 4. The lowest BCUT2D eigenvalue weighted by Crippen LogP contribution is -2.50. The van der Waals surface area contributed by atoms with Crippen LogP contribution in [-0.4, -0.2) is 58.3 Å². The van der Waals surface area contributed by atoms with Crippen molar-refractivity contribution in [2.24, 2.45) is 11.5 Å². The quantitative estimate of drug-likeness (QED) is 0.159. The summed E-state index contributed by atoms with van der Waals surface area (Å²) < 4.78 is 0. The Kier molecular flexibility index (Phi) is 9.52. The smallest absolute Gasteiger partial charge is 0.305 e. The van der Waals surface area contributed by atoms with Gasteiger partial charge in [0.15, 0.2) is 0 Å². The standard InChI is InChI=1S/C17H22N6O8/c18-11(7-15(26)27)16(28)20-8-14(25)22-12(5-6-13(19)24)17(29)21-9-1-3-10(4-2-9)23(30)31/h1-4,11-12H,5-8,18H2,(H2,19,24)(H,20,28)(H,21,29)(H,22,25)(H,26,27)/t11-,12-/m0/s1. The van der Waals surface area contributed by atoms with Crippen molar-refractivity contribution < 1.29 is 34.0 Å². The molecule has 14 nitrogen and oxygen atoms in total. The molecule has 168 valence electrons. The number of carbonyl (C=O) groups is 5. The highest BCUT2D eigenvalue weighted by Crippen LogP contribution is 2.16. The Morgan fingerprint density at radius 3 is 2.23 bits per heavy atom. The predicted molar refractivity (Wildman–Crippen MR) is 105 cm³/mol. The Balaban J connectivity index is 2.72. The molecule has 0 saturated heterocycles. The monoisotopic (exact) mass is 438 g/mol. The van der Waals surface area contributed by atoms with Crippen LogP contribution in [0.3, 0.4) is 0 Å². The van der Waals surface area contributed by atoms with E-state index in [1.807, 2.05) is 0 Å². The van der Waals surface area contributed by atoms with Crippen LogP contribution in [-0.2, 0) is 24.0 Å². The van der Waals surface area contributed by atoms with E-state index in [2.05, 4.69) is 16.0 Å². The molecule has 1 rings (SSSR count). The predicted octanol–water partition coefficient (Wildman–Crippen LogP) is -1.80. The molecule has 1 aromatic carbocycles. The number of carboxylic acids is 1. The van der Waals surface area contributed by atoms with Gasteiger partial charge in [-0.3, -0.25) is 34.1 Å². The fraction of sp³-hybridized carbons (Fsp3) is 0.353. The zero-order valence-corrected chi connectivity index (χ0v) is 16.2. The van der Waals surface area contributed by atoms with Crippen LogP contribution < -0.4 is 27.4 Å². The maximum Gasteiger partial charge on any atom is 0.305 e. The molecule has 0 aromatic heterocycles. The minimum atomic E-state index is -1.36. The van der Waals surface area contributed by atoms with Gasteiger partial charge < -0.3 is 32.5 Å². The molecule has 0 saturated carbocycles. The maximum atomic E-state index is 12.5. The van der Waals surface area contributed by atoms with Crippen LogP contribution in [0.2, 0.25) is 0 Å². The van der Waals surface area contributed by atoms with Crippen LogP contribution in [0.4, 0.5) is 11.4 Å². The summed E-state index contributed by atoms with van der Waals surface area (Å²) in [5, 5.41) is 26.2. The second kappa shape index (κ2) is 11.8. The first kappa shape index (κ1) is 25.0. The van der Waals surface area contributed by atoms with E-state index >= 15 is 0 Å². The molecule has 0 spiro atoms. The molecule has 0 aliphatic carbocycles. The molecule has 0 bridgehead atoms. The average Bonchev–Trinajstić information content (AvgIpc) is 2.68. The van der Waals surface area contributed by atoms with Gasteiger partial charge in [-0.1, -0.05) is 0 Å². The molecule has 0 heterocycles. The molecule has 31 heavy (non-hydrogen) atoms. The van der Waals surface area contributed by atoms with Crippen LogP contribution in [0.5, 0.6) is 0 Å². The minimum Gasteiger partial charge on any atom is -0.481 e. The number of primary amides is 1. The van der Waals surface area contributed by atoms with Crippen molar-refractivity contribution >= 4 is 41.0 Å². The molecule has 0 fully saturated rings. The summed E-state index contributed by atoms with van der Waals surface area (Å²) >= 11 is 0. The highest BCUT2D eigenvalue weighted by atomic mass is 16.6. The van der Waals surface area contributed by atoms with Gasteiger partial charge >= 0.3 is 5.97 Å². The molecular weight excluding hydrogens is 416 g/mol. The number of hydrogen-bond donors (Lipinski definition) is 6. The van der Waals surface area contributed by atoms with Crippen LogP contribution in [0.25, 0.3) is 0 Å². The van der Waals surface area contributed by atoms with Gasteiger partial charge in [-0.15, -0.1) is 0 Å². The summed E-state index contributed by atoms with van der Waals surface area (Å²) in [6.07, 6.45) is -1.01. The molecule has 0 aliphatic heterocycles. The molecule has 2 atom stereocenters. The lowest BCUT2D eigenvalue weighted by atomic mass is 10.1. The molecular formula is C17H22N6O8. The number of rotatable bonds is 12. The van der Waals surface area contributed by atoms with E-state index in [1.54, 1.807) is 0 Å². The number of hydrogen-bond acceptors (Lipinski definition) is 8. The number of aliphatic carboxylic acids is 1. The average molecular weight is 438 g/mol. The first-order chi connectivity index (χ1) is 14.5. The maximum absolute atomic E-state index is 12.5. The van der Waals surface area contributed by atoms with Crippen molar-refractivity contribution in [1.29, 1.82) is 0 Å². The summed E-state index contributed by atoms with van der Waals surface area (Å²) in [5.74, 6) is -4.40. The lowest BCUT2D eigenvalue weighted by molar-refractivity contribution is -0.384. The van der Waals surface area contributed by atoms with Gasteiger partial charge in [0, 0.05) is 24.2 Å². The van der Waals surface area contributed by atoms with Gasteiger partial charge in [0.2, 0.25) is 23.6 Å². The molecule has 0 radical (unpaired) electrons. The summed E-state index contributed by atoms with van der Waals surface area (Å²) in [7, 11) is 0. The van der Waals surface area contributed by atoms with E-state index in [4.69, 9.17) is 16.6 Å². The number of nitrogens with one attached hydrogen (secondary N) is 3. The first-order valence-electron chi connectivity index (χ1n) is 8.87. The Morgan fingerprint density at radius 1 is 1.10 bits per heavy atom. The zero-order valence-electron chi connectivity index (χ0n) is 16.2. The zero-order chi connectivity index (χ0) is 23.6. The fourth-order valence-corrected chi connectivity index (χ4v) is 2.28. The van der Waals surface area contributed by atoms with Crippen molar-refractivity contribution in [3.05, 3.63) is 34.4 Å². The summed E-state index contributed by atoms with van der Waals surface area (Å²) in [4.78, 5) is 67.9. The van der Waals surface area contributed by atoms with Crippen molar-refractivity contribution in [2.45, 2.75) is 31.3 Å². The Morgan fingerprint density at radius 2 is 1.71 bits per heavy atom. The SMILES string of the molecule is NC(=O)CC[C@H](NC(=O)CNC(=O)[C@@H](N)CC(=O)O)C(=O)Nc1ccc([N+](=O)[O-])cc1. The van der Waals surface area contributed by atoms with Gasteiger partial charge in [-0.2, -0.15) is 0 Å². The molecule has 0 unspecified atom stereocenters. The molecule has 8 N–H and O–H groups in total. The second-order valence-electron chi connectivity index (χ2n) is 6.34. The van der Waals surface area contributed by atoms with Crippen molar-refractivity contribution in [3.63, 3.8) is 0 Å². The van der Waals surface area contributed by atoms with E-state index < -0.39 is 59.6 Å². The van der Waals surface area contributed by atoms with Crippen LogP contribution in [0.15, 0.2) is 24.3 Å². The van der Waals surface area contributed by atoms with Gasteiger partial charge in [-0.25, -0.2) is 0 Å². The highest BCUT2D eigenvalue weighted by molar-refractivity contribution is 5.98.